The summed E-state index contributed by atoms with van der Waals surface area (Å²) in [6, 6.07) is 74.3. The fourth-order valence-corrected chi connectivity index (χ4v) is 11.6. The Morgan fingerprint density at radius 1 is 0.387 bits per heavy atom. The standard InChI is InChI=1S/C60H47NO/c1-58(2)38-59(3,4)55-37-53-50(36-54(55)58)48-30-28-47(35-52(48)60(53,43-19-7-5-8-20-43)44-21-9-6-10-22-44)61(46-29-31-57-51(34-46)49-24-13-14-25-56(49)62-57)45-23-15-18-41(33-45)42-27-26-39-16-11-12-17-40(39)32-42/h5-37H,38H2,1-4H3. The van der Waals surface area contributed by atoms with Gasteiger partial charge in [-0.15, -0.1) is 0 Å². The normalized spacial score (nSPS) is 15.4. The number of furan rings is 1. The molecule has 1 heterocycles. The molecule has 62 heavy (non-hydrogen) atoms. The maximum atomic E-state index is 6.38. The molecule has 0 amide bonds. The van der Waals surface area contributed by atoms with Gasteiger partial charge in [0.1, 0.15) is 11.2 Å². The minimum atomic E-state index is -0.551. The molecule has 0 aliphatic heterocycles. The van der Waals surface area contributed by atoms with Crippen molar-refractivity contribution in [2.75, 3.05) is 4.90 Å². The van der Waals surface area contributed by atoms with E-state index in [1.807, 2.05) is 6.07 Å². The lowest BCUT2D eigenvalue weighted by Crippen LogP contribution is -2.29. The molecule has 2 aliphatic carbocycles. The van der Waals surface area contributed by atoms with E-state index in [0.29, 0.717) is 0 Å². The van der Waals surface area contributed by atoms with E-state index in [1.165, 1.54) is 66.4 Å². The summed E-state index contributed by atoms with van der Waals surface area (Å²) in [5.74, 6) is 0. The molecule has 2 nitrogen and oxygen atoms in total. The van der Waals surface area contributed by atoms with Crippen LogP contribution in [0.25, 0.3) is 55.0 Å². The van der Waals surface area contributed by atoms with Crippen LogP contribution in [-0.4, -0.2) is 0 Å². The molecule has 0 spiro atoms. The zero-order chi connectivity index (χ0) is 41.8. The third-order valence-electron chi connectivity index (χ3n) is 14.1. The third-order valence-corrected chi connectivity index (χ3v) is 14.1. The number of benzene rings is 9. The van der Waals surface area contributed by atoms with Crippen molar-refractivity contribution >= 4 is 49.8 Å². The van der Waals surface area contributed by atoms with Crippen molar-refractivity contribution in [3.8, 4) is 22.3 Å². The first kappa shape index (κ1) is 36.7. The van der Waals surface area contributed by atoms with E-state index in [9.17, 15) is 0 Å². The van der Waals surface area contributed by atoms with Crippen LogP contribution in [0.1, 0.15) is 67.5 Å². The second-order valence-electron chi connectivity index (χ2n) is 18.8. The van der Waals surface area contributed by atoms with Crippen molar-refractivity contribution in [3.05, 3.63) is 234 Å². The van der Waals surface area contributed by atoms with Crippen molar-refractivity contribution in [1.82, 2.24) is 0 Å². The maximum Gasteiger partial charge on any atom is 0.135 e. The van der Waals surface area contributed by atoms with Crippen LogP contribution in [0, 0.1) is 0 Å². The van der Waals surface area contributed by atoms with E-state index in [0.717, 1.165) is 45.4 Å². The number of rotatable bonds is 6. The van der Waals surface area contributed by atoms with Crippen LogP contribution in [-0.2, 0) is 16.2 Å². The molecule has 2 aliphatic rings. The fourth-order valence-electron chi connectivity index (χ4n) is 11.6. The topological polar surface area (TPSA) is 16.4 Å². The number of hydrogen-bond acceptors (Lipinski definition) is 2. The van der Waals surface area contributed by atoms with Crippen molar-refractivity contribution in [2.24, 2.45) is 0 Å². The van der Waals surface area contributed by atoms with Crippen LogP contribution in [0.4, 0.5) is 17.1 Å². The van der Waals surface area contributed by atoms with Crippen molar-refractivity contribution < 1.29 is 4.42 Å². The Hall–Kier alpha value is -7.16. The van der Waals surface area contributed by atoms with Gasteiger partial charge in [-0.3, -0.25) is 0 Å². The van der Waals surface area contributed by atoms with Gasteiger partial charge in [0.25, 0.3) is 0 Å². The lowest BCUT2D eigenvalue weighted by Gasteiger charge is -2.35. The first-order chi connectivity index (χ1) is 30.2. The Kier molecular flexibility index (Phi) is 7.94. The summed E-state index contributed by atoms with van der Waals surface area (Å²) in [7, 11) is 0. The molecule has 10 aromatic rings. The summed E-state index contributed by atoms with van der Waals surface area (Å²) in [4.78, 5) is 2.45. The molecule has 9 aromatic carbocycles. The van der Waals surface area contributed by atoms with Crippen LogP contribution in [0.2, 0.25) is 0 Å². The molecule has 0 atom stereocenters. The van der Waals surface area contributed by atoms with Gasteiger partial charge in [0.2, 0.25) is 0 Å². The Morgan fingerprint density at radius 3 is 1.76 bits per heavy atom. The average Bonchev–Trinajstić information content (AvgIpc) is 3.88. The summed E-state index contributed by atoms with van der Waals surface area (Å²) < 4.78 is 6.38. The van der Waals surface area contributed by atoms with Gasteiger partial charge in [0.05, 0.1) is 5.41 Å². The summed E-state index contributed by atoms with van der Waals surface area (Å²) in [6.45, 7) is 9.72. The first-order valence-electron chi connectivity index (χ1n) is 22.0. The van der Waals surface area contributed by atoms with Gasteiger partial charge in [-0.2, -0.15) is 0 Å². The Balaban J connectivity index is 1.13. The van der Waals surface area contributed by atoms with Gasteiger partial charge in [0.15, 0.2) is 0 Å². The highest BCUT2D eigenvalue weighted by atomic mass is 16.3. The van der Waals surface area contributed by atoms with E-state index in [2.05, 4.69) is 227 Å². The number of hydrogen-bond donors (Lipinski definition) is 0. The van der Waals surface area contributed by atoms with Gasteiger partial charge in [-0.25, -0.2) is 0 Å². The second-order valence-corrected chi connectivity index (χ2v) is 18.8. The van der Waals surface area contributed by atoms with Crippen LogP contribution < -0.4 is 4.90 Å². The van der Waals surface area contributed by atoms with Crippen LogP contribution in [0.15, 0.2) is 205 Å². The number of fused-ring (bicyclic) bond motifs is 8. The van der Waals surface area contributed by atoms with Crippen molar-refractivity contribution in [2.45, 2.75) is 50.4 Å². The molecule has 0 unspecified atom stereocenters. The van der Waals surface area contributed by atoms with Crippen LogP contribution in [0.5, 0.6) is 0 Å². The molecule has 1 aromatic heterocycles. The quantitative estimate of drug-likeness (QED) is 0.167. The maximum absolute atomic E-state index is 6.38. The SMILES string of the molecule is CC1(C)CC(C)(C)c2cc3c(cc21)-c1ccc(N(c2cccc(-c4ccc5ccccc5c4)c2)c2ccc4oc5ccccc5c4c2)cc1C3(c1ccccc1)c1ccccc1. The zero-order valence-corrected chi connectivity index (χ0v) is 35.6. The molecular weight excluding hydrogens is 751 g/mol. The lowest BCUT2D eigenvalue weighted by molar-refractivity contribution is 0.403. The summed E-state index contributed by atoms with van der Waals surface area (Å²) in [6.07, 6.45) is 1.12. The summed E-state index contributed by atoms with van der Waals surface area (Å²) in [5, 5.41) is 4.69. The molecule has 2 heteroatoms. The number of anilines is 3. The molecule has 12 rings (SSSR count). The minimum Gasteiger partial charge on any atom is -0.456 e. The largest absolute Gasteiger partial charge is 0.456 e. The third kappa shape index (κ3) is 5.42. The van der Waals surface area contributed by atoms with E-state index >= 15 is 0 Å². The number of para-hydroxylation sites is 1. The number of nitrogens with zero attached hydrogens (tertiary/aromatic N) is 1. The summed E-state index contributed by atoms with van der Waals surface area (Å²) in [5.41, 5.74) is 17.8. The first-order valence-corrected chi connectivity index (χ1v) is 22.0. The smallest absolute Gasteiger partial charge is 0.135 e. The molecule has 0 N–H and O–H groups in total. The highest BCUT2D eigenvalue weighted by Gasteiger charge is 2.50. The van der Waals surface area contributed by atoms with Crippen molar-refractivity contribution in [1.29, 1.82) is 0 Å². The van der Waals surface area contributed by atoms with E-state index < -0.39 is 5.41 Å². The highest BCUT2D eigenvalue weighted by Crippen LogP contribution is 2.61. The molecule has 0 saturated heterocycles. The predicted octanol–water partition coefficient (Wildman–Crippen LogP) is 16.2. The zero-order valence-electron chi connectivity index (χ0n) is 35.6. The van der Waals surface area contributed by atoms with E-state index in [-0.39, 0.29) is 10.8 Å². The second kappa shape index (κ2) is 13.4. The molecule has 0 saturated carbocycles. The van der Waals surface area contributed by atoms with E-state index in [1.54, 1.807) is 0 Å². The Labute approximate surface area is 363 Å². The predicted molar refractivity (Wildman–Crippen MR) is 259 cm³/mol. The molecular formula is C60H47NO. The van der Waals surface area contributed by atoms with Crippen LogP contribution >= 0.6 is 0 Å². The Bertz CT molecular complexity index is 3350. The highest BCUT2D eigenvalue weighted by molar-refractivity contribution is 6.06. The van der Waals surface area contributed by atoms with Gasteiger partial charge in [-0.1, -0.05) is 167 Å². The molecule has 298 valence electrons. The van der Waals surface area contributed by atoms with Gasteiger partial charge >= 0.3 is 0 Å². The fraction of sp³-hybridized carbons (Fsp3) is 0.133. The molecule has 0 fully saturated rings. The minimum absolute atomic E-state index is 0.0513. The monoisotopic (exact) mass is 797 g/mol. The van der Waals surface area contributed by atoms with Crippen LogP contribution in [0.3, 0.4) is 0 Å². The van der Waals surface area contributed by atoms with Gasteiger partial charge < -0.3 is 9.32 Å². The van der Waals surface area contributed by atoms with Gasteiger partial charge in [-0.05, 0) is 144 Å². The molecule has 0 radical (unpaired) electrons. The lowest BCUT2D eigenvalue weighted by atomic mass is 9.67. The van der Waals surface area contributed by atoms with Crippen molar-refractivity contribution in [3.63, 3.8) is 0 Å². The average molecular weight is 798 g/mol. The van der Waals surface area contributed by atoms with E-state index in [4.69, 9.17) is 4.42 Å². The van der Waals surface area contributed by atoms with Gasteiger partial charge in [0, 0.05) is 27.8 Å². The Morgan fingerprint density at radius 2 is 0.984 bits per heavy atom. The summed E-state index contributed by atoms with van der Waals surface area (Å²) >= 11 is 0. The molecule has 0 bridgehead atoms.